The van der Waals surface area contributed by atoms with E-state index in [-0.39, 0.29) is 29.8 Å². The largest absolute Gasteiger partial charge is 1.00 e. The van der Waals surface area contributed by atoms with Crippen LogP contribution >= 0.6 is 0 Å². The summed E-state index contributed by atoms with van der Waals surface area (Å²) in [6.45, 7) is 0. The third-order valence-corrected chi connectivity index (χ3v) is 14.1. The third-order valence-electron chi connectivity index (χ3n) is 5.07. The Hall–Kier alpha value is -2.16. The fourth-order valence-electron chi connectivity index (χ4n) is 3.70. The molecule has 29 heavy (non-hydrogen) atoms. The van der Waals surface area contributed by atoms with Crippen molar-refractivity contribution >= 4 is 32.4 Å². The van der Waals surface area contributed by atoms with E-state index in [0.717, 1.165) is 5.56 Å². The van der Waals surface area contributed by atoms with Gasteiger partial charge in [-0.3, -0.25) is 0 Å². The molecule has 0 saturated heterocycles. The van der Waals surface area contributed by atoms with Gasteiger partial charge in [0.1, 0.15) is 0 Å². The molecule has 0 aliphatic rings. The van der Waals surface area contributed by atoms with Gasteiger partial charge in [0.2, 0.25) is 0 Å². The van der Waals surface area contributed by atoms with Gasteiger partial charge in [-0.15, -0.1) is 0 Å². The van der Waals surface area contributed by atoms with E-state index in [9.17, 15) is 4.79 Å². The first-order chi connectivity index (χ1) is 13.8. The zero-order valence-corrected chi connectivity index (χ0v) is 20.0. The van der Waals surface area contributed by atoms with E-state index in [1.54, 1.807) is 0 Å². The molecule has 3 heteroatoms. The molecule has 0 unspecified atom stereocenters. The quantitative estimate of drug-likeness (QED) is 0.199. The molecule has 0 aromatic heterocycles. The second-order valence-electron chi connectivity index (χ2n) is 6.76. The molecular weight excluding hydrogens is 530 g/mol. The minimum absolute atomic E-state index is 0. The Kier molecular flexibility index (Phi) is 7.46. The molecule has 4 aromatic carbocycles. The smallest absolute Gasteiger partial charge is 1.00 e. The van der Waals surface area contributed by atoms with Gasteiger partial charge in [0, 0.05) is 0 Å². The van der Waals surface area contributed by atoms with Gasteiger partial charge >= 0.3 is 169 Å². The average Bonchev–Trinajstić information content (AvgIpc) is 2.80. The van der Waals surface area contributed by atoms with Crippen molar-refractivity contribution in [1.29, 1.82) is 0 Å². The van der Waals surface area contributed by atoms with E-state index in [0.29, 0.717) is 5.21 Å². The topological polar surface area (TPSA) is 17.1 Å². The zero-order valence-electron chi connectivity index (χ0n) is 16.0. The average molecular weight is 552 g/mol. The SMILES string of the molecule is O=C(C[As+](c1ccccc1)(c1ccccc1)c1ccccc1)c1ccccc1.[I-]. The summed E-state index contributed by atoms with van der Waals surface area (Å²) in [5.41, 5.74) is 0.788. The number of ketones is 1. The number of rotatable bonds is 6. The van der Waals surface area contributed by atoms with Crippen molar-refractivity contribution in [2.24, 2.45) is 0 Å². The normalized spacial score (nSPS) is 10.8. The van der Waals surface area contributed by atoms with Crippen LogP contribution in [0.4, 0.5) is 0 Å². The molecule has 4 aromatic rings. The van der Waals surface area contributed by atoms with E-state index >= 15 is 0 Å². The first-order valence-electron chi connectivity index (χ1n) is 9.44. The number of benzene rings is 4. The van der Waals surface area contributed by atoms with Crippen LogP contribution in [0.3, 0.4) is 0 Å². The minimum Gasteiger partial charge on any atom is -1.00 e. The van der Waals surface area contributed by atoms with Crippen LogP contribution in [-0.4, -0.2) is 19.3 Å². The summed E-state index contributed by atoms with van der Waals surface area (Å²) in [5.74, 6) is 0.213. The minimum atomic E-state index is -2.99. The van der Waals surface area contributed by atoms with Gasteiger partial charge in [0.05, 0.1) is 0 Å². The Bertz CT molecular complexity index is 938. The maximum atomic E-state index is 13.4. The van der Waals surface area contributed by atoms with Crippen LogP contribution in [0.25, 0.3) is 0 Å². The molecular formula is C26H22AsIO. The molecule has 0 amide bonds. The predicted octanol–water partition coefficient (Wildman–Crippen LogP) is 1.04. The summed E-state index contributed by atoms with van der Waals surface area (Å²) in [6, 6.07) is 41.5. The van der Waals surface area contributed by atoms with Crippen LogP contribution in [0.15, 0.2) is 121 Å². The predicted molar refractivity (Wildman–Crippen MR) is 120 cm³/mol. The van der Waals surface area contributed by atoms with Crippen molar-refractivity contribution in [1.82, 2.24) is 0 Å². The van der Waals surface area contributed by atoms with Gasteiger partial charge in [-0.05, 0) is 0 Å². The molecule has 0 fully saturated rings. The van der Waals surface area contributed by atoms with Gasteiger partial charge in [-0.25, -0.2) is 0 Å². The summed E-state index contributed by atoms with van der Waals surface area (Å²) in [4.78, 5) is 13.4. The van der Waals surface area contributed by atoms with Crippen molar-refractivity contribution in [3.05, 3.63) is 127 Å². The number of Topliss-reactive ketones (excluding diaryl/α,β-unsaturated/α-hetero) is 1. The second kappa shape index (κ2) is 10.0. The fourth-order valence-corrected chi connectivity index (χ4v) is 12.3. The summed E-state index contributed by atoms with van der Waals surface area (Å²) in [5, 5.41) is 0.542. The molecule has 0 atom stereocenters. The number of hydrogen-bond donors (Lipinski definition) is 0. The standard InChI is InChI=1S/C26H22AsO.HI/c28-26(22-13-5-1-6-14-22)21-27(23-15-7-2-8-16-23,24-17-9-3-10-18-24)25-19-11-4-12-20-25;/h1-20H,21H2;1H/q+1;/p-1. The van der Waals surface area contributed by atoms with E-state index in [4.69, 9.17) is 0 Å². The molecule has 0 radical (unpaired) electrons. The van der Waals surface area contributed by atoms with Crippen molar-refractivity contribution < 1.29 is 28.8 Å². The van der Waals surface area contributed by atoms with Crippen LogP contribution in [0.5, 0.6) is 0 Å². The summed E-state index contributed by atoms with van der Waals surface area (Å²) < 4.78 is 3.88. The Morgan fingerprint density at radius 1 is 0.517 bits per heavy atom. The zero-order chi connectivity index (χ0) is 19.2. The molecule has 0 saturated carbocycles. The Labute approximate surface area is 192 Å². The fraction of sp³-hybridized carbons (Fsp3) is 0.0385. The van der Waals surface area contributed by atoms with E-state index in [1.807, 2.05) is 48.5 Å². The van der Waals surface area contributed by atoms with Crippen molar-refractivity contribution in [3.8, 4) is 0 Å². The van der Waals surface area contributed by atoms with E-state index in [1.165, 1.54) is 13.1 Å². The molecule has 0 heterocycles. The Morgan fingerprint density at radius 2 is 0.828 bits per heavy atom. The van der Waals surface area contributed by atoms with Crippen molar-refractivity contribution in [2.75, 3.05) is 0 Å². The van der Waals surface area contributed by atoms with E-state index < -0.39 is 13.6 Å². The molecule has 0 aliphatic carbocycles. The molecule has 4 rings (SSSR count). The Balaban J connectivity index is 0.00000240. The summed E-state index contributed by atoms with van der Waals surface area (Å²) >= 11 is -2.99. The molecule has 0 spiro atoms. The van der Waals surface area contributed by atoms with Crippen LogP contribution < -0.4 is 37.0 Å². The molecule has 144 valence electrons. The Morgan fingerprint density at radius 3 is 1.17 bits per heavy atom. The number of hydrogen-bond acceptors (Lipinski definition) is 1. The summed E-state index contributed by atoms with van der Waals surface area (Å²) in [6.07, 6.45) is 0. The van der Waals surface area contributed by atoms with Crippen molar-refractivity contribution in [3.63, 3.8) is 0 Å². The molecule has 1 nitrogen and oxygen atoms in total. The maximum Gasteiger partial charge on any atom is -1.00 e. The van der Waals surface area contributed by atoms with Gasteiger partial charge < -0.3 is 24.0 Å². The van der Waals surface area contributed by atoms with E-state index in [2.05, 4.69) is 72.8 Å². The number of carbonyl (C=O) groups is 1. The number of carbonyl (C=O) groups excluding carboxylic acids is 1. The number of halogens is 1. The first-order valence-corrected chi connectivity index (χ1v) is 13.6. The first kappa shape index (κ1) is 21.5. The molecule has 0 bridgehead atoms. The van der Waals surface area contributed by atoms with Gasteiger partial charge in [-0.1, -0.05) is 0 Å². The van der Waals surface area contributed by atoms with Gasteiger partial charge in [-0.2, -0.15) is 0 Å². The van der Waals surface area contributed by atoms with Gasteiger partial charge in [0.15, 0.2) is 0 Å². The molecule has 0 aliphatic heterocycles. The van der Waals surface area contributed by atoms with Crippen LogP contribution in [-0.2, 0) is 0 Å². The monoisotopic (exact) mass is 552 g/mol. The van der Waals surface area contributed by atoms with Crippen molar-refractivity contribution in [2.45, 2.75) is 5.21 Å². The molecule has 0 N–H and O–H groups in total. The van der Waals surface area contributed by atoms with Gasteiger partial charge in [0.25, 0.3) is 0 Å². The third kappa shape index (κ3) is 4.55. The maximum absolute atomic E-state index is 13.4. The summed E-state index contributed by atoms with van der Waals surface area (Å²) in [7, 11) is 0. The van der Waals surface area contributed by atoms with Crippen LogP contribution in [0.2, 0.25) is 5.21 Å². The second-order valence-corrected chi connectivity index (χ2v) is 14.1. The van der Waals surface area contributed by atoms with Crippen LogP contribution in [0.1, 0.15) is 10.4 Å². The van der Waals surface area contributed by atoms with Crippen LogP contribution in [0, 0.1) is 0 Å².